The van der Waals surface area contributed by atoms with Gasteiger partial charge in [-0.1, -0.05) is 27.7 Å². The van der Waals surface area contributed by atoms with Crippen molar-refractivity contribution in [2.24, 2.45) is 17.8 Å². The molecular formula is C25H38N3O8P. The number of carbonyl (C=O) groups is 4. The summed E-state index contributed by atoms with van der Waals surface area (Å²) in [5.41, 5.74) is -0.0733. The van der Waals surface area contributed by atoms with Crippen LogP contribution in [-0.2, 0) is 14.2 Å². The average Bonchev–Trinajstić information content (AvgIpc) is 3.06. The first kappa shape index (κ1) is 30.3. The maximum atomic E-state index is 13.4. The molecule has 0 bridgehead atoms. The maximum absolute atomic E-state index is 13.4. The number of nitrogens with zero attached hydrogens (tertiary/aromatic N) is 1. The van der Waals surface area contributed by atoms with Gasteiger partial charge in [0.2, 0.25) is 19.2 Å². The van der Waals surface area contributed by atoms with Crippen molar-refractivity contribution in [3.8, 4) is 11.5 Å². The Morgan fingerprint density at radius 1 is 0.946 bits per heavy atom. The van der Waals surface area contributed by atoms with Gasteiger partial charge in [0.05, 0.1) is 25.3 Å². The third-order valence-corrected chi connectivity index (χ3v) is 7.80. The van der Waals surface area contributed by atoms with E-state index in [4.69, 9.17) is 9.47 Å². The predicted molar refractivity (Wildman–Crippen MR) is 138 cm³/mol. The van der Waals surface area contributed by atoms with Crippen molar-refractivity contribution in [2.75, 3.05) is 33.7 Å². The summed E-state index contributed by atoms with van der Waals surface area (Å²) in [7, 11) is -0.0507. The van der Waals surface area contributed by atoms with Gasteiger partial charge in [0, 0.05) is 19.1 Å². The van der Waals surface area contributed by atoms with Crippen LogP contribution in [0.5, 0.6) is 11.5 Å². The molecule has 12 heteroatoms. The number of ether oxygens (including phenoxy) is 2. The summed E-state index contributed by atoms with van der Waals surface area (Å²) in [5.74, 6) is -2.91. The van der Waals surface area contributed by atoms with Crippen LogP contribution in [-0.4, -0.2) is 73.2 Å². The second-order valence-electron chi connectivity index (χ2n) is 10.1. The summed E-state index contributed by atoms with van der Waals surface area (Å²) in [5, 5.41) is 5.25. The predicted octanol–water partition coefficient (Wildman–Crippen LogP) is 2.47. The lowest BCUT2D eigenvalue weighted by atomic mass is 9.96. The van der Waals surface area contributed by atoms with E-state index >= 15 is 0 Å². The minimum absolute atomic E-state index is 0.00660. The van der Waals surface area contributed by atoms with Gasteiger partial charge in [0.15, 0.2) is 0 Å². The fourth-order valence-electron chi connectivity index (χ4n) is 4.44. The topological polar surface area (TPSA) is 151 Å². The number of nitrogens with one attached hydrogen (secondary N) is 2. The Hall–Kier alpha value is -2.91. The van der Waals surface area contributed by atoms with Crippen molar-refractivity contribution in [2.45, 2.75) is 46.6 Å². The number of carbonyl (C=O) groups excluding carboxylic acids is 4. The third-order valence-electron chi connectivity index (χ3n) is 6.07. The zero-order valence-electron chi connectivity index (χ0n) is 22.5. The van der Waals surface area contributed by atoms with E-state index in [1.54, 1.807) is 0 Å². The molecule has 37 heavy (non-hydrogen) atoms. The van der Waals surface area contributed by atoms with Crippen molar-refractivity contribution < 1.29 is 38.1 Å². The van der Waals surface area contributed by atoms with Gasteiger partial charge in [0.1, 0.15) is 23.8 Å². The number of likely N-dealkylation sites (N-methyl/N-ethyl adjacent to an activating group) is 1. The van der Waals surface area contributed by atoms with E-state index in [1.165, 1.54) is 33.4 Å². The molecule has 3 atom stereocenters. The van der Waals surface area contributed by atoms with E-state index in [9.17, 15) is 28.6 Å². The molecule has 2 unspecified atom stereocenters. The van der Waals surface area contributed by atoms with Crippen molar-refractivity contribution in [3.05, 3.63) is 23.3 Å². The normalized spacial score (nSPS) is 16.3. The molecule has 1 aromatic rings. The first-order valence-corrected chi connectivity index (χ1v) is 14.2. The van der Waals surface area contributed by atoms with E-state index in [0.29, 0.717) is 11.3 Å². The number of hydrogen-bond acceptors (Lipinski definition) is 7. The van der Waals surface area contributed by atoms with Gasteiger partial charge in [-0.15, -0.1) is 0 Å². The Morgan fingerprint density at radius 3 is 1.84 bits per heavy atom. The molecule has 0 radical (unpaired) electrons. The van der Waals surface area contributed by atoms with Gasteiger partial charge in [-0.05, 0) is 36.8 Å². The Kier molecular flexibility index (Phi) is 10.3. The molecule has 0 aromatic heterocycles. The highest BCUT2D eigenvalue weighted by molar-refractivity contribution is 7.58. The van der Waals surface area contributed by atoms with Crippen molar-refractivity contribution >= 4 is 31.0 Å². The number of fused-ring (bicyclic) bond motifs is 1. The van der Waals surface area contributed by atoms with Crippen LogP contribution in [0.25, 0.3) is 0 Å². The number of hydrogen-bond donors (Lipinski definition) is 3. The molecule has 1 aliphatic heterocycles. The van der Waals surface area contributed by atoms with Crippen LogP contribution < -0.4 is 20.1 Å². The van der Waals surface area contributed by atoms with E-state index in [0.717, 1.165) is 0 Å². The lowest BCUT2D eigenvalue weighted by molar-refractivity contribution is -0.131. The Morgan fingerprint density at radius 2 is 1.43 bits per heavy atom. The molecular weight excluding hydrogens is 501 g/mol. The van der Waals surface area contributed by atoms with Gasteiger partial charge >= 0.3 is 0 Å². The second-order valence-corrected chi connectivity index (χ2v) is 12.4. The Labute approximate surface area is 217 Å². The van der Waals surface area contributed by atoms with E-state index in [-0.39, 0.29) is 46.8 Å². The van der Waals surface area contributed by atoms with Crippen LogP contribution in [0.3, 0.4) is 0 Å². The molecule has 0 aliphatic carbocycles. The highest BCUT2D eigenvalue weighted by Crippen LogP contribution is 2.47. The first-order chi connectivity index (χ1) is 17.3. The summed E-state index contributed by atoms with van der Waals surface area (Å²) in [6.07, 6.45) is -0.545. The van der Waals surface area contributed by atoms with Gasteiger partial charge in [-0.25, -0.2) is 0 Å². The summed E-state index contributed by atoms with van der Waals surface area (Å²) < 4.78 is 23.8. The number of imide groups is 1. The van der Waals surface area contributed by atoms with Crippen molar-refractivity contribution in [3.63, 3.8) is 0 Å². The SMILES string of the molecule is CNC(=O)[C@H](CC(C)C)NC(=O)C(CC(C)C)CP(=O)(O)CN1C(=O)c2c(OC)ccc(OC)c2C1=O. The fraction of sp³-hybridized carbons (Fsp3) is 0.600. The van der Waals surface area contributed by atoms with Gasteiger partial charge in [0.25, 0.3) is 11.8 Å². The molecule has 0 fully saturated rings. The largest absolute Gasteiger partial charge is 0.496 e. The number of methoxy groups -OCH3 is 2. The molecule has 1 aliphatic rings. The summed E-state index contributed by atoms with van der Waals surface area (Å²) in [6, 6.07) is 2.17. The van der Waals surface area contributed by atoms with Crippen molar-refractivity contribution in [1.29, 1.82) is 0 Å². The van der Waals surface area contributed by atoms with Crippen LogP contribution in [0.4, 0.5) is 0 Å². The minimum atomic E-state index is -4.22. The summed E-state index contributed by atoms with van der Waals surface area (Å²) in [4.78, 5) is 63.3. The van der Waals surface area contributed by atoms with Crippen LogP contribution in [0.1, 0.15) is 61.3 Å². The number of benzene rings is 1. The first-order valence-electron chi connectivity index (χ1n) is 12.2. The summed E-state index contributed by atoms with van der Waals surface area (Å²) >= 11 is 0. The lowest BCUT2D eigenvalue weighted by Crippen LogP contribution is -2.49. The quantitative estimate of drug-likeness (QED) is 0.255. The monoisotopic (exact) mass is 539 g/mol. The Balaban J connectivity index is 2.28. The second kappa shape index (κ2) is 12.6. The molecule has 3 N–H and O–H groups in total. The Bertz CT molecular complexity index is 1040. The van der Waals surface area contributed by atoms with Crippen LogP contribution in [0, 0.1) is 17.8 Å². The molecule has 0 saturated heterocycles. The lowest BCUT2D eigenvalue weighted by Gasteiger charge is -2.26. The smallest absolute Gasteiger partial charge is 0.265 e. The van der Waals surface area contributed by atoms with Crippen LogP contribution in [0.15, 0.2) is 12.1 Å². The van der Waals surface area contributed by atoms with Gasteiger partial charge in [-0.2, -0.15) is 0 Å². The molecule has 4 amide bonds. The zero-order valence-corrected chi connectivity index (χ0v) is 23.4. The van der Waals surface area contributed by atoms with E-state index in [2.05, 4.69) is 10.6 Å². The average molecular weight is 540 g/mol. The van der Waals surface area contributed by atoms with E-state index in [1.807, 2.05) is 27.7 Å². The standard InChI is InChI=1S/C25H38N3O8P/c1-14(2)10-16(22(29)27-17(11-15(3)4)23(30)26-5)12-37(33,34)13-28-24(31)20-18(35-6)8-9-19(36-7)21(20)25(28)32/h8-9,14-17H,10-13H2,1-7H3,(H,26,30)(H,27,29)(H,33,34)/t16?,17-/m0/s1. The van der Waals surface area contributed by atoms with E-state index < -0.39 is 49.5 Å². The highest BCUT2D eigenvalue weighted by Gasteiger charge is 2.44. The zero-order chi connectivity index (χ0) is 28.1. The number of amides is 4. The number of rotatable bonds is 13. The summed E-state index contributed by atoms with van der Waals surface area (Å²) in [6.45, 7) is 7.58. The van der Waals surface area contributed by atoms with Gasteiger partial charge in [-0.3, -0.25) is 28.6 Å². The maximum Gasteiger partial charge on any atom is 0.265 e. The van der Waals surface area contributed by atoms with Crippen LogP contribution >= 0.6 is 7.37 Å². The van der Waals surface area contributed by atoms with Crippen molar-refractivity contribution in [1.82, 2.24) is 15.5 Å². The fourth-order valence-corrected chi connectivity index (χ4v) is 6.26. The van der Waals surface area contributed by atoms with Gasteiger partial charge < -0.3 is 25.0 Å². The van der Waals surface area contributed by atoms with Crippen LogP contribution in [0.2, 0.25) is 0 Å². The molecule has 1 aromatic carbocycles. The molecule has 0 spiro atoms. The minimum Gasteiger partial charge on any atom is -0.496 e. The molecule has 2 rings (SSSR count). The molecule has 1 heterocycles. The highest BCUT2D eigenvalue weighted by atomic mass is 31.2. The molecule has 11 nitrogen and oxygen atoms in total. The molecule has 0 saturated carbocycles. The third kappa shape index (κ3) is 7.32. The molecule has 206 valence electrons.